The first-order valence-electron chi connectivity index (χ1n) is 16.3. The average Bonchev–Trinajstić information content (AvgIpc) is 2.87. The van der Waals surface area contributed by atoms with Crippen molar-refractivity contribution in [1.29, 1.82) is 0 Å². The molecule has 3 nitrogen and oxygen atoms in total. The fourth-order valence-electron chi connectivity index (χ4n) is 7.43. The predicted octanol–water partition coefficient (Wildman–Crippen LogP) is 9.69. The lowest BCUT2D eigenvalue weighted by Gasteiger charge is -2.32. The highest BCUT2D eigenvalue weighted by atomic mass is 16.1. The summed E-state index contributed by atoms with van der Waals surface area (Å²) in [5.74, 6) is 2.51. The summed E-state index contributed by atoms with van der Waals surface area (Å²) in [6.07, 6.45) is 15.7. The number of benzene rings is 1. The molecule has 0 radical (unpaired) electrons. The van der Waals surface area contributed by atoms with E-state index in [2.05, 4.69) is 53.7 Å². The summed E-state index contributed by atoms with van der Waals surface area (Å²) >= 11 is 0. The zero-order chi connectivity index (χ0) is 28.9. The SMILES string of the molecule is CCC.CCCC1CCC(Cc2ccc3c(c2C)C(=O)CC(CC(CCC)C(CC)C(=O)CC(C)=O)C3)CC1. The number of fused-ring (bicyclic) bond motifs is 1. The van der Waals surface area contributed by atoms with Crippen LogP contribution in [0.1, 0.15) is 152 Å². The van der Waals surface area contributed by atoms with E-state index in [1.165, 1.54) is 68.6 Å². The molecule has 0 aliphatic heterocycles. The lowest BCUT2D eigenvalue weighted by atomic mass is 9.71. The van der Waals surface area contributed by atoms with Gasteiger partial charge in [-0.1, -0.05) is 91.7 Å². The van der Waals surface area contributed by atoms with Crippen molar-refractivity contribution in [2.24, 2.45) is 29.6 Å². The molecule has 2 aliphatic rings. The van der Waals surface area contributed by atoms with Crippen molar-refractivity contribution in [3.63, 3.8) is 0 Å². The molecule has 0 bridgehead atoms. The lowest BCUT2D eigenvalue weighted by molar-refractivity contribution is -0.129. The molecule has 1 saturated carbocycles. The van der Waals surface area contributed by atoms with E-state index in [9.17, 15) is 14.4 Å². The maximum atomic E-state index is 13.4. The Kier molecular flexibility index (Phi) is 14.7. The normalized spacial score (nSPS) is 22.3. The second-order valence-corrected chi connectivity index (χ2v) is 12.8. The van der Waals surface area contributed by atoms with E-state index in [1.807, 2.05) is 0 Å². The fraction of sp³-hybridized carbons (Fsp3) is 0.750. The Labute approximate surface area is 240 Å². The third-order valence-corrected chi connectivity index (χ3v) is 9.24. The van der Waals surface area contributed by atoms with Gasteiger partial charge in [0, 0.05) is 17.9 Å². The molecule has 1 fully saturated rings. The quantitative estimate of drug-likeness (QED) is 0.235. The third-order valence-electron chi connectivity index (χ3n) is 9.24. The molecular weight excluding hydrogens is 480 g/mol. The molecule has 0 saturated heterocycles. The third kappa shape index (κ3) is 9.98. The summed E-state index contributed by atoms with van der Waals surface area (Å²) in [6, 6.07) is 4.54. The van der Waals surface area contributed by atoms with Gasteiger partial charge in [-0.2, -0.15) is 0 Å². The largest absolute Gasteiger partial charge is 0.300 e. The summed E-state index contributed by atoms with van der Waals surface area (Å²) in [5.41, 5.74) is 4.81. The van der Waals surface area contributed by atoms with Crippen molar-refractivity contribution in [3.05, 3.63) is 34.4 Å². The van der Waals surface area contributed by atoms with Crippen molar-refractivity contribution in [2.75, 3.05) is 0 Å². The molecule has 0 heterocycles. The first-order valence-corrected chi connectivity index (χ1v) is 16.3. The van der Waals surface area contributed by atoms with Crippen molar-refractivity contribution in [1.82, 2.24) is 0 Å². The molecule has 0 spiro atoms. The van der Waals surface area contributed by atoms with Gasteiger partial charge in [-0.05, 0) is 92.7 Å². The number of rotatable bonds is 13. The van der Waals surface area contributed by atoms with Crippen LogP contribution in [0.2, 0.25) is 0 Å². The Morgan fingerprint density at radius 1 is 0.897 bits per heavy atom. The van der Waals surface area contributed by atoms with E-state index in [1.54, 1.807) is 0 Å². The van der Waals surface area contributed by atoms with E-state index >= 15 is 0 Å². The van der Waals surface area contributed by atoms with Gasteiger partial charge in [0.25, 0.3) is 0 Å². The molecule has 0 amide bonds. The zero-order valence-corrected chi connectivity index (χ0v) is 26.4. The number of ketones is 3. The molecule has 0 aromatic heterocycles. The monoisotopic (exact) mass is 538 g/mol. The Hall–Kier alpha value is -1.77. The number of carbonyl (C=O) groups is 3. The zero-order valence-electron chi connectivity index (χ0n) is 26.4. The highest BCUT2D eigenvalue weighted by Gasteiger charge is 2.33. The summed E-state index contributed by atoms with van der Waals surface area (Å²) in [4.78, 5) is 37.8. The van der Waals surface area contributed by atoms with Crippen LogP contribution >= 0.6 is 0 Å². The van der Waals surface area contributed by atoms with E-state index in [4.69, 9.17) is 0 Å². The molecule has 220 valence electrons. The van der Waals surface area contributed by atoms with E-state index in [0.717, 1.165) is 55.9 Å². The molecule has 1 aromatic carbocycles. The van der Waals surface area contributed by atoms with Gasteiger partial charge in [-0.3, -0.25) is 14.4 Å². The summed E-state index contributed by atoms with van der Waals surface area (Å²) in [6.45, 7) is 14.4. The average molecular weight is 539 g/mol. The van der Waals surface area contributed by atoms with E-state index < -0.39 is 0 Å². The topological polar surface area (TPSA) is 51.2 Å². The minimum Gasteiger partial charge on any atom is -0.300 e. The van der Waals surface area contributed by atoms with Crippen LogP contribution in [0.15, 0.2) is 12.1 Å². The molecule has 3 rings (SSSR count). The number of Topliss-reactive ketones (excluding diaryl/α,β-unsaturated/α-hetero) is 3. The second kappa shape index (κ2) is 17.1. The van der Waals surface area contributed by atoms with Gasteiger partial charge in [0.2, 0.25) is 0 Å². The summed E-state index contributed by atoms with van der Waals surface area (Å²) in [5, 5.41) is 0. The minimum atomic E-state index is -0.0677. The standard InChI is InChI=1S/C33H50O3.C3H8/c1-6-9-24-11-13-25(14-12-24)18-27-15-16-29-20-26(21-32(36)33(29)23(27)5)19-28(10-7-2)30(8-3)31(35)17-22(4)34;1-3-2/h15-16,24-26,28,30H,6-14,17-21H2,1-5H3;3H2,1-2H3. The van der Waals surface area contributed by atoms with E-state index in [0.29, 0.717) is 18.1 Å². The Morgan fingerprint density at radius 3 is 2.10 bits per heavy atom. The van der Waals surface area contributed by atoms with Crippen LogP contribution in [-0.4, -0.2) is 17.3 Å². The first kappa shape index (κ1) is 33.4. The highest BCUT2D eigenvalue weighted by molar-refractivity contribution is 6.00. The Balaban J connectivity index is 0.00000170. The van der Waals surface area contributed by atoms with Crippen molar-refractivity contribution in [3.8, 4) is 0 Å². The maximum Gasteiger partial charge on any atom is 0.163 e. The van der Waals surface area contributed by atoms with Crippen LogP contribution in [0.5, 0.6) is 0 Å². The summed E-state index contributed by atoms with van der Waals surface area (Å²) in [7, 11) is 0. The molecule has 3 heteroatoms. The number of hydrogen-bond acceptors (Lipinski definition) is 3. The van der Waals surface area contributed by atoms with Crippen LogP contribution in [0.25, 0.3) is 0 Å². The van der Waals surface area contributed by atoms with Crippen LogP contribution in [0.4, 0.5) is 0 Å². The second-order valence-electron chi connectivity index (χ2n) is 12.8. The smallest absolute Gasteiger partial charge is 0.163 e. The molecule has 2 aliphatic carbocycles. The summed E-state index contributed by atoms with van der Waals surface area (Å²) < 4.78 is 0. The van der Waals surface area contributed by atoms with Crippen molar-refractivity contribution in [2.45, 2.75) is 145 Å². The maximum absolute atomic E-state index is 13.4. The van der Waals surface area contributed by atoms with Crippen molar-refractivity contribution < 1.29 is 14.4 Å². The van der Waals surface area contributed by atoms with Gasteiger partial charge >= 0.3 is 0 Å². The van der Waals surface area contributed by atoms with Crippen LogP contribution in [-0.2, 0) is 22.4 Å². The molecule has 39 heavy (non-hydrogen) atoms. The molecule has 3 atom stereocenters. The first-order chi connectivity index (χ1) is 18.7. The fourth-order valence-corrected chi connectivity index (χ4v) is 7.43. The van der Waals surface area contributed by atoms with Crippen molar-refractivity contribution >= 4 is 17.3 Å². The molecule has 0 N–H and O–H groups in total. The molecule has 3 unspecified atom stereocenters. The highest BCUT2D eigenvalue weighted by Crippen LogP contribution is 2.38. The van der Waals surface area contributed by atoms with Gasteiger partial charge in [0.1, 0.15) is 11.6 Å². The number of carbonyl (C=O) groups excluding carboxylic acids is 3. The van der Waals surface area contributed by atoms with Crippen LogP contribution in [0.3, 0.4) is 0 Å². The Bertz CT molecular complexity index is 921. The molecule has 1 aromatic rings. The lowest BCUT2D eigenvalue weighted by Crippen LogP contribution is -2.30. The van der Waals surface area contributed by atoms with Gasteiger partial charge in [-0.25, -0.2) is 0 Å². The van der Waals surface area contributed by atoms with Gasteiger partial charge in [0.05, 0.1) is 6.42 Å². The van der Waals surface area contributed by atoms with Crippen LogP contribution < -0.4 is 0 Å². The molecular formula is C36H58O3. The minimum absolute atomic E-state index is 0.0456. The van der Waals surface area contributed by atoms with Gasteiger partial charge < -0.3 is 0 Å². The Morgan fingerprint density at radius 2 is 1.54 bits per heavy atom. The van der Waals surface area contributed by atoms with Gasteiger partial charge in [-0.15, -0.1) is 0 Å². The van der Waals surface area contributed by atoms with Crippen LogP contribution in [0, 0.1) is 36.5 Å². The number of hydrogen-bond donors (Lipinski definition) is 0. The van der Waals surface area contributed by atoms with E-state index in [-0.39, 0.29) is 29.8 Å². The predicted molar refractivity (Wildman–Crippen MR) is 164 cm³/mol. The van der Waals surface area contributed by atoms with Gasteiger partial charge in [0.15, 0.2) is 5.78 Å².